The molecule has 1 aromatic rings. The fraction of sp³-hybridized carbons (Fsp3) is 0.600. The Morgan fingerprint density at radius 2 is 2.12 bits per heavy atom. The molecule has 0 radical (unpaired) electrons. The third-order valence-corrected chi connectivity index (χ3v) is 7.14. The van der Waals surface area contributed by atoms with Crippen LogP contribution in [-0.4, -0.2) is 26.7 Å². The van der Waals surface area contributed by atoms with Gasteiger partial charge in [-0.1, -0.05) is 19.1 Å². The van der Waals surface area contributed by atoms with E-state index >= 15 is 0 Å². The van der Waals surface area contributed by atoms with Crippen LogP contribution in [0.25, 0.3) is 0 Å². The van der Waals surface area contributed by atoms with E-state index in [4.69, 9.17) is 12.2 Å². The van der Waals surface area contributed by atoms with Gasteiger partial charge in [-0.2, -0.15) is 11.8 Å². The van der Waals surface area contributed by atoms with E-state index in [0.29, 0.717) is 15.1 Å². The molecule has 2 unspecified atom stereocenters. The number of rotatable bonds is 1. The number of aromatic amines is 1. The van der Waals surface area contributed by atoms with E-state index in [9.17, 15) is 0 Å². The third kappa shape index (κ3) is 2.66. The van der Waals surface area contributed by atoms with E-state index in [1.54, 1.807) is 0 Å². The van der Waals surface area contributed by atoms with Gasteiger partial charge in [0.05, 0.1) is 9.72 Å². The Kier molecular flexibility index (Phi) is 4.38. The van der Waals surface area contributed by atoms with E-state index in [-0.39, 0.29) is 0 Å². The summed E-state index contributed by atoms with van der Waals surface area (Å²) < 4.78 is 1.57. The van der Waals surface area contributed by atoms with Crippen molar-refractivity contribution < 1.29 is 0 Å². The lowest BCUT2D eigenvalue weighted by molar-refractivity contribution is 0.808. The zero-order valence-electron chi connectivity index (χ0n) is 9.12. The van der Waals surface area contributed by atoms with E-state index in [0.717, 1.165) is 16.0 Å². The van der Waals surface area contributed by atoms with Gasteiger partial charge in [-0.25, -0.2) is 4.98 Å². The van der Waals surface area contributed by atoms with Gasteiger partial charge in [-0.3, -0.25) is 0 Å². The molecule has 1 aliphatic rings. The molecule has 2 rings (SSSR count). The van der Waals surface area contributed by atoms with Gasteiger partial charge in [0.2, 0.25) is 0 Å². The van der Waals surface area contributed by atoms with Gasteiger partial charge in [-0.05, 0) is 22.9 Å². The molecule has 1 aromatic heterocycles. The highest BCUT2D eigenvalue weighted by Gasteiger charge is 2.26. The van der Waals surface area contributed by atoms with Crippen molar-refractivity contribution in [3.05, 3.63) is 20.6 Å². The number of hydrogen-bond acceptors (Lipinski definition) is 4. The van der Waals surface area contributed by atoms with Crippen molar-refractivity contribution in [2.24, 2.45) is 0 Å². The van der Waals surface area contributed by atoms with Crippen LogP contribution in [-0.2, 0) is 0 Å². The van der Waals surface area contributed by atoms with Crippen LogP contribution in [0.4, 0.5) is 0 Å². The lowest BCUT2D eigenvalue weighted by Gasteiger charge is -2.27. The Labute approximate surface area is 118 Å². The summed E-state index contributed by atoms with van der Waals surface area (Å²) in [4.78, 5) is 7.84. The van der Waals surface area contributed by atoms with Crippen LogP contribution in [0.3, 0.4) is 0 Å². The van der Waals surface area contributed by atoms with Crippen LogP contribution in [0.1, 0.15) is 23.7 Å². The second kappa shape index (κ2) is 5.42. The van der Waals surface area contributed by atoms with Gasteiger partial charge < -0.3 is 4.98 Å². The molecule has 6 heteroatoms. The zero-order chi connectivity index (χ0) is 11.7. The first-order valence-electron chi connectivity index (χ1n) is 5.09. The van der Waals surface area contributed by atoms with Gasteiger partial charge in [0, 0.05) is 22.4 Å². The summed E-state index contributed by atoms with van der Waals surface area (Å²) >= 11 is 12.7. The lowest BCUT2D eigenvalue weighted by atomic mass is 10.3. The summed E-state index contributed by atoms with van der Waals surface area (Å²) in [5.74, 6) is 3.45. The van der Waals surface area contributed by atoms with E-state index in [1.807, 2.05) is 30.4 Å². The molecule has 0 spiro atoms. The van der Waals surface area contributed by atoms with Crippen molar-refractivity contribution in [1.82, 2.24) is 9.97 Å². The number of halogens is 1. The molecule has 0 aliphatic carbocycles. The monoisotopic (exact) mass is 336 g/mol. The number of aromatic nitrogens is 2. The highest BCUT2D eigenvalue weighted by Crippen LogP contribution is 2.41. The molecular weight excluding hydrogens is 324 g/mol. The molecule has 0 bridgehead atoms. The molecule has 1 N–H and O–H groups in total. The van der Waals surface area contributed by atoms with Crippen molar-refractivity contribution in [2.75, 3.05) is 11.5 Å². The third-order valence-electron chi connectivity index (χ3n) is 2.51. The minimum absolute atomic E-state index is 0.437. The molecule has 0 amide bonds. The SMILES string of the molecule is Cc1[nH]c(C2SCCSC2C)nc(=S)c1Br. The highest BCUT2D eigenvalue weighted by atomic mass is 79.9. The van der Waals surface area contributed by atoms with E-state index in [2.05, 4.69) is 32.8 Å². The van der Waals surface area contributed by atoms with Crippen LogP contribution in [0, 0.1) is 11.6 Å². The molecular formula is C10H13BrN2S3. The topological polar surface area (TPSA) is 28.7 Å². The summed E-state index contributed by atoms with van der Waals surface area (Å²) in [6, 6.07) is 0. The second-order valence-electron chi connectivity index (χ2n) is 3.73. The molecule has 0 saturated carbocycles. The highest BCUT2D eigenvalue weighted by molar-refractivity contribution is 9.10. The van der Waals surface area contributed by atoms with Crippen LogP contribution in [0.5, 0.6) is 0 Å². The first kappa shape index (κ1) is 12.9. The van der Waals surface area contributed by atoms with Gasteiger partial charge >= 0.3 is 0 Å². The molecule has 1 aliphatic heterocycles. The average molecular weight is 337 g/mol. The smallest absolute Gasteiger partial charge is 0.144 e. The first-order valence-corrected chi connectivity index (χ1v) is 8.39. The molecule has 2 atom stereocenters. The predicted molar refractivity (Wildman–Crippen MR) is 79.0 cm³/mol. The summed E-state index contributed by atoms with van der Waals surface area (Å²) in [5, 5.41) is 1.03. The molecule has 1 fully saturated rings. The van der Waals surface area contributed by atoms with Gasteiger partial charge in [0.1, 0.15) is 10.5 Å². The number of nitrogens with zero attached hydrogens (tertiary/aromatic N) is 1. The fourth-order valence-electron chi connectivity index (χ4n) is 1.66. The largest absolute Gasteiger partial charge is 0.345 e. The minimum atomic E-state index is 0.437. The Morgan fingerprint density at radius 1 is 1.44 bits per heavy atom. The Morgan fingerprint density at radius 3 is 2.75 bits per heavy atom. The molecule has 2 heterocycles. The van der Waals surface area contributed by atoms with Crippen LogP contribution >= 0.6 is 51.7 Å². The van der Waals surface area contributed by atoms with Crippen molar-refractivity contribution in [1.29, 1.82) is 0 Å². The lowest BCUT2D eigenvalue weighted by Crippen LogP contribution is -2.18. The van der Waals surface area contributed by atoms with Crippen LogP contribution in [0.2, 0.25) is 0 Å². The van der Waals surface area contributed by atoms with Crippen molar-refractivity contribution in [3.63, 3.8) is 0 Å². The maximum atomic E-state index is 5.24. The normalized spacial score (nSPS) is 25.7. The quantitative estimate of drug-likeness (QED) is 0.781. The summed E-state index contributed by atoms with van der Waals surface area (Å²) in [6.45, 7) is 4.29. The Bertz CT molecular complexity index is 446. The Balaban J connectivity index is 2.36. The molecule has 0 aromatic carbocycles. The Hall–Kier alpha value is 0.480. The fourth-order valence-corrected chi connectivity index (χ4v) is 4.81. The minimum Gasteiger partial charge on any atom is -0.345 e. The molecule has 1 saturated heterocycles. The summed E-state index contributed by atoms with van der Waals surface area (Å²) in [6.07, 6.45) is 0. The molecule has 16 heavy (non-hydrogen) atoms. The van der Waals surface area contributed by atoms with E-state index in [1.165, 1.54) is 11.5 Å². The number of thioether (sulfide) groups is 2. The number of aryl methyl sites for hydroxylation is 1. The molecule has 88 valence electrons. The summed E-state index contributed by atoms with van der Waals surface area (Å²) in [7, 11) is 0. The maximum Gasteiger partial charge on any atom is 0.144 e. The average Bonchev–Trinajstić information content (AvgIpc) is 2.26. The second-order valence-corrected chi connectivity index (χ2v) is 7.65. The maximum absolute atomic E-state index is 5.24. The van der Waals surface area contributed by atoms with Gasteiger partial charge in [-0.15, -0.1) is 11.8 Å². The number of H-pyrrole nitrogens is 1. The molecule has 2 nitrogen and oxygen atoms in total. The van der Waals surface area contributed by atoms with E-state index < -0.39 is 0 Å². The number of nitrogens with one attached hydrogen (secondary N) is 1. The van der Waals surface area contributed by atoms with Crippen LogP contribution in [0.15, 0.2) is 4.47 Å². The zero-order valence-corrected chi connectivity index (χ0v) is 13.2. The van der Waals surface area contributed by atoms with Gasteiger partial charge in [0.25, 0.3) is 0 Å². The first-order chi connectivity index (χ1) is 7.59. The number of hydrogen-bond donors (Lipinski definition) is 1. The predicted octanol–water partition coefficient (Wildman–Crippen LogP) is 4.12. The van der Waals surface area contributed by atoms with Crippen LogP contribution < -0.4 is 0 Å². The standard InChI is InChI=1S/C10H13BrN2S3/c1-5-7(11)10(14)13-9(12-5)8-6(2)15-3-4-16-8/h6,8H,3-4H2,1-2H3,(H,12,13,14). The van der Waals surface area contributed by atoms with Crippen molar-refractivity contribution in [2.45, 2.75) is 24.3 Å². The van der Waals surface area contributed by atoms with Crippen molar-refractivity contribution >= 4 is 51.7 Å². The van der Waals surface area contributed by atoms with Gasteiger partial charge in [0.15, 0.2) is 0 Å². The summed E-state index contributed by atoms with van der Waals surface area (Å²) in [5.41, 5.74) is 1.07. The van der Waals surface area contributed by atoms with Crippen molar-refractivity contribution in [3.8, 4) is 0 Å².